The average Bonchev–Trinajstić information content (AvgIpc) is 1.90. The number of hydrogen-bond acceptors (Lipinski definition) is 0. The van der Waals surface area contributed by atoms with Gasteiger partial charge in [0, 0.05) is 12.2 Å². The number of nitrogens with zero attached hydrogens (tertiary/aromatic N) is 2. The molecule has 0 spiro atoms. The van der Waals surface area contributed by atoms with Gasteiger partial charge in [-0.1, -0.05) is 12.2 Å². The molecule has 0 amide bonds. The molecule has 0 bridgehead atoms. The van der Waals surface area contributed by atoms with E-state index in [2.05, 4.69) is 11.7 Å². The van der Waals surface area contributed by atoms with Crippen molar-refractivity contribution in [3.8, 4) is 0 Å². The Morgan fingerprint density at radius 1 is 1.44 bits per heavy atom. The summed E-state index contributed by atoms with van der Waals surface area (Å²) in [6.45, 7) is 3.76. The minimum absolute atomic E-state index is 0.218. The molecule has 0 atom stereocenters. The van der Waals surface area contributed by atoms with Crippen molar-refractivity contribution in [1.29, 1.82) is 0 Å². The molecule has 1 aliphatic carbocycles. The summed E-state index contributed by atoms with van der Waals surface area (Å²) in [4.78, 5) is 3.00. The van der Waals surface area contributed by atoms with Gasteiger partial charge in [0.15, 0.2) is 0 Å². The summed E-state index contributed by atoms with van der Waals surface area (Å²) < 4.78 is 0. The molecule has 0 aromatic rings. The van der Waals surface area contributed by atoms with Gasteiger partial charge in [0.2, 0.25) is 0 Å². The standard InChI is InChI=1S/C7H7N2/c1-6-2-4-7(9-8)5-3-6/h2-6H,1H2. The van der Waals surface area contributed by atoms with E-state index in [9.17, 15) is 0 Å². The molecule has 9 heavy (non-hydrogen) atoms. The topological polar surface area (TPSA) is 36.4 Å². The van der Waals surface area contributed by atoms with Crippen molar-refractivity contribution in [3.63, 3.8) is 0 Å². The third-order valence-electron chi connectivity index (χ3n) is 1.14. The van der Waals surface area contributed by atoms with Gasteiger partial charge < -0.3 is 5.53 Å². The van der Waals surface area contributed by atoms with Gasteiger partial charge in [-0.15, -0.1) is 0 Å². The maximum atomic E-state index is 8.24. The molecule has 0 aromatic carbocycles. The van der Waals surface area contributed by atoms with Gasteiger partial charge in [0.05, 0.1) is 0 Å². The molecule has 0 saturated heterocycles. The summed E-state index contributed by atoms with van der Waals surface area (Å²) in [5.74, 6) is 0.218. The SMILES string of the molecule is [CH2]C1C=CC(=[N+]=[N-])C=C1. The van der Waals surface area contributed by atoms with Crippen LogP contribution in [0.15, 0.2) is 24.3 Å². The predicted molar refractivity (Wildman–Crippen MR) is 35.8 cm³/mol. The van der Waals surface area contributed by atoms with Crippen molar-refractivity contribution in [3.05, 3.63) is 36.8 Å². The Labute approximate surface area is 54.1 Å². The monoisotopic (exact) mass is 119 g/mol. The fourth-order valence-corrected chi connectivity index (χ4v) is 0.631. The van der Waals surface area contributed by atoms with E-state index in [-0.39, 0.29) is 5.92 Å². The molecule has 45 valence electrons. The Hall–Kier alpha value is -1.14. The van der Waals surface area contributed by atoms with E-state index >= 15 is 0 Å². The van der Waals surface area contributed by atoms with E-state index in [1.165, 1.54) is 0 Å². The second kappa shape index (κ2) is 2.42. The van der Waals surface area contributed by atoms with Crippen molar-refractivity contribution in [2.45, 2.75) is 0 Å². The van der Waals surface area contributed by atoms with Crippen LogP contribution in [0.5, 0.6) is 0 Å². The van der Waals surface area contributed by atoms with Crippen molar-refractivity contribution in [2.75, 3.05) is 0 Å². The number of allylic oxidation sites excluding steroid dienone is 4. The molecule has 0 N–H and O–H groups in total. The second-order valence-electron chi connectivity index (χ2n) is 1.91. The van der Waals surface area contributed by atoms with Gasteiger partial charge in [-0.3, -0.25) is 0 Å². The molecule has 1 rings (SSSR count). The maximum Gasteiger partial charge on any atom is 0.314 e. The van der Waals surface area contributed by atoms with Gasteiger partial charge in [-0.2, -0.15) is 4.79 Å². The van der Waals surface area contributed by atoms with Crippen molar-refractivity contribution in [1.82, 2.24) is 0 Å². The maximum absolute atomic E-state index is 8.24. The first-order valence-electron chi connectivity index (χ1n) is 2.74. The molecule has 0 aromatic heterocycles. The zero-order chi connectivity index (χ0) is 6.69. The predicted octanol–water partition coefficient (Wildman–Crippen LogP) is 1.23. The molecular formula is C7H7N2. The number of hydrogen-bond donors (Lipinski definition) is 0. The molecular weight excluding hydrogens is 112 g/mol. The summed E-state index contributed by atoms with van der Waals surface area (Å²) in [5, 5.41) is 0. The highest BCUT2D eigenvalue weighted by Gasteiger charge is 2.03. The van der Waals surface area contributed by atoms with E-state index < -0.39 is 0 Å². The highest BCUT2D eigenvalue weighted by molar-refractivity contribution is 6.00. The lowest BCUT2D eigenvalue weighted by Gasteiger charge is -1.97. The Morgan fingerprint density at radius 3 is 2.44 bits per heavy atom. The summed E-state index contributed by atoms with van der Waals surface area (Å²) in [5.41, 5.74) is 8.82. The highest BCUT2D eigenvalue weighted by Crippen LogP contribution is 2.03. The zero-order valence-electron chi connectivity index (χ0n) is 4.99. The fourth-order valence-electron chi connectivity index (χ4n) is 0.631. The quantitative estimate of drug-likeness (QED) is 0.340. The molecule has 1 radical (unpaired) electrons. The lowest BCUT2D eigenvalue weighted by Crippen LogP contribution is -1.97. The Kier molecular flexibility index (Phi) is 1.61. The molecule has 1 aliphatic rings. The van der Waals surface area contributed by atoms with Crippen LogP contribution in [-0.4, -0.2) is 10.5 Å². The van der Waals surface area contributed by atoms with Crippen molar-refractivity contribution in [2.24, 2.45) is 5.92 Å². The van der Waals surface area contributed by atoms with Crippen LogP contribution in [0.2, 0.25) is 0 Å². The Bertz CT molecular complexity index is 191. The normalized spacial score (nSPS) is 24.1. The molecule has 0 heterocycles. The zero-order valence-corrected chi connectivity index (χ0v) is 4.99. The smallest absolute Gasteiger partial charge is 0.314 e. The van der Waals surface area contributed by atoms with Crippen LogP contribution < -0.4 is 0 Å². The second-order valence-corrected chi connectivity index (χ2v) is 1.91. The highest BCUT2D eigenvalue weighted by atomic mass is 14.8. The van der Waals surface area contributed by atoms with E-state index in [4.69, 9.17) is 5.53 Å². The minimum Gasteiger partial charge on any atom is -0.361 e. The lowest BCUT2D eigenvalue weighted by atomic mass is 10.1. The third-order valence-corrected chi connectivity index (χ3v) is 1.14. The van der Waals surface area contributed by atoms with E-state index in [1.54, 1.807) is 12.2 Å². The molecule has 0 unspecified atom stereocenters. The van der Waals surface area contributed by atoms with Crippen molar-refractivity contribution < 1.29 is 4.79 Å². The third kappa shape index (κ3) is 1.37. The van der Waals surface area contributed by atoms with Crippen LogP contribution in [0.1, 0.15) is 0 Å². The lowest BCUT2D eigenvalue weighted by molar-refractivity contribution is -0.00165. The minimum atomic E-state index is 0.218. The Balaban J connectivity index is 2.82. The molecule has 2 heteroatoms. The van der Waals surface area contributed by atoms with Crippen LogP contribution in [-0.2, 0) is 0 Å². The van der Waals surface area contributed by atoms with Crippen LogP contribution in [0.25, 0.3) is 5.53 Å². The van der Waals surface area contributed by atoms with Gasteiger partial charge >= 0.3 is 5.71 Å². The average molecular weight is 119 g/mol. The van der Waals surface area contributed by atoms with Crippen molar-refractivity contribution >= 4 is 5.71 Å². The van der Waals surface area contributed by atoms with Crippen LogP contribution in [0.3, 0.4) is 0 Å². The van der Waals surface area contributed by atoms with Crippen LogP contribution in [0.4, 0.5) is 0 Å². The summed E-state index contributed by atoms with van der Waals surface area (Å²) >= 11 is 0. The number of rotatable bonds is 0. The van der Waals surface area contributed by atoms with Gasteiger partial charge in [-0.25, -0.2) is 0 Å². The van der Waals surface area contributed by atoms with E-state index in [0.717, 1.165) is 0 Å². The Morgan fingerprint density at radius 2 is 2.00 bits per heavy atom. The van der Waals surface area contributed by atoms with E-state index in [0.29, 0.717) is 5.71 Å². The fraction of sp³-hybridized carbons (Fsp3) is 0.143. The molecule has 0 aliphatic heterocycles. The van der Waals surface area contributed by atoms with Gasteiger partial charge in [0.25, 0.3) is 0 Å². The molecule has 2 nitrogen and oxygen atoms in total. The van der Waals surface area contributed by atoms with Gasteiger partial charge in [-0.05, 0) is 12.8 Å². The first-order valence-corrected chi connectivity index (χ1v) is 2.74. The summed E-state index contributed by atoms with van der Waals surface area (Å²) in [7, 11) is 0. The van der Waals surface area contributed by atoms with Crippen LogP contribution in [0, 0.1) is 12.8 Å². The summed E-state index contributed by atoms with van der Waals surface area (Å²) in [6, 6.07) is 0. The van der Waals surface area contributed by atoms with Crippen LogP contribution >= 0.6 is 0 Å². The first-order chi connectivity index (χ1) is 4.33. The first kappa shape index (κ1) is 5.99. The molecule has 0 saturated carbocycles. The summed E-state index contributed by atoms with van der Waals surface area (Å²) in [6.07, 6.45) is 7.21. The van der Waals surface area contributed by atoms with E-state index in [1.807, 2.05) is 12.2 Å². The molecule has 0 fully saturated rings. The van der Waals surface area contributed by atoms with Gasteiger partial charge in [0.1, 0.15) is 0 Å². The largest absolute Gasteiger partial charge is 0.361 e.